The van der Waals surface area contributed by atoms with Gasteiger partial charge < -0.3 is 10.2 Å². The molecule has 2 aliphatic rings. The van der Waals surface area contributed by atoms with E-state index in [1.807, 2.05) is 25.1 Å². The summed E-state index contributed by atoms with van der Waals surface area (Å²) in [6.07, 6.45) is 1.16. The average Bonchev–Trinajstić information content (AvgIpc) is 2.92. The number of aryl methyl sites for hydroxylation is 1. The number of imide groups is 1. The van der Waals surface area contributed by atoms with Crippen LogP contribution in [0.15, 0.2) is 48.5 Å². The van der Waals surface area contributed by atoms with Crippen molar-refractivity contribution in [3.8, 4) is 0 Å². The molecule has 2 aromatic carbocycles. The van der Waals surface area contributed by atoms with E-state index in [0.717, 1.165) is 11.1 Å². The zero-order valence-corrected chi connectivity index (χ0v) is 16.9. The highest BCUT2D eigenvalue weighted by Gasteiger charge is 2.53. The second-order valence-corrected chi connectivity index (χ2v) is 8.17. The lowest BCUT2D eigenvalue weighted by Crippen LogP contribution is -2.59. The van der Waals surface area contributed by atoms with Gasteiger partial charge in [0.05, 0.1) is 13.1 Å². The molecule has 0 saturated carbocycles. The second kappa shape index (κ2) is 7.52. The predicted molar refractivity (Wildman–Crippen MR) is 110 cm³/mol. The van der Waals surface area contributed by atoms with Crippen LogP contribution in [0.4, 0.5) is 4.79 Å². The standard InChI is InChI=1S/C22H22ClN3O3/c1-15-6-8-17(9-7-15)19(27)25-11-3-10-22(14-25)20(28)26(21(29)24-22)13-16-4-2-5-18(23)12-16/h2,4-9,12H,3,10-11,13-14H2,1H3,(H,24,29)/t22-/m0/s1. The van der Waals surface area contributed by atoms with Gasteiger partial charge in [0.25, 0.3) is 11.8 Å². The number of carbonyl (C=O) groups is 3. The number of nitrogens with one attached hydrogen (secondary N) is 1. The minimum absolute atomic E-state index is 0.126. The van der Waals surface area contributed by atoms with E-state index in [1.165, 1.54) is 4.90 Å². The molecule has 0 aliphatic carbocycles. The van der Waals surface area contributed by atoms with Crippen LogP contribution in [0.1, 0.15) is 34.3 Å². The molecule has 2 heterocycles. The quantitative estimate of drug-likeness (QED) is 0.787. The summed E-state index contributed by atoms with van der Waals surface area (Å²) in [4.78, 5) is 41.6. The maximum atomic E-state index is 13.2. The SMILES string of the molecule is Cc1ccc(C(=O)N2CCC[C@@]3(C2)NC(=O)N(Cc2cccc(Cl)c2)C3=O)cc1. The highest BCUT2D eigenvalue weighted by atomic mass is 35.5. The molecule has 1 atom stereocenters. The highest BCUT2D eigenvalue weighted by molar-refractivity contribution is 6.30. The van der Waals surface area contributed by atoms with E-state index in [-0.39, 0.29) is 24.9 Å². The van der Waals surface area contributed by atoms with Gasteiger partial charge in [-0.3, -0.25) is 14.5 Å². The lowest BCUT2D eigenvalue weighted by atomic mass is 9.88. The van der Waals surface area contributed by atoms with Crippen molar-refractivity contribution in [2.75, 3.05) is 13.1 Å². The van der Waals surface area contributed by atoms with Gasteiger partial charge in [0, 0.05) is 17.1 Å². The molecule has 29 heavy (non-hydrogen) atoms. The Morgan fingerprint density at radius 3 is 2.66 bits per heavy atom. The number of urea groups is 1. The highest BCUT2D eigenvalue weighted by Crippen LogP contribution is 2.30. The molecule has 150 valence electrons. The van der Waals surface area contributed by atoms with E-state index >= 15 is 0 Å². The molecule has 1 spiro atoms. The minimum Gasteiger partial charge on any atom is -0.336 e. The van der Waals surface area contributed by atoms with Crippen molar-refractivity contribution < 1.29 is 14.4 Å². The summed E-state index contributed by atoms with van der Waals surface area (Å²) in [6.45, 7) is 2.85. The first-order valence-electron chi connectivity index (χ1n) is 9.62. The molecule has 0 aromatic heterocycles. The van der Waals surface area contributed by atoms with Crippen molar-refractivity contribution in [2.24, 2.45) is 0 Å². The first-order valence-corrected chi connectivity index (χ1v) is 10.0. The first-order chi connectivity index (χ1) is 13.9. The van der Waals surface area contributed by atoms with Crippen molar-refractivity contribution in [3.63, 3.8) is 0 Å². The van der Waals surface area contributed by atoms with Crippen molar-refractivity contribution in [1.29, 1.82) is 0 Å². The van der Waals surface area contributed by atoms with Crippen LogP contribution >= 0.6 is 11.6 Å². The molecule has 4 amide bonds. The smallest absolute Gasteiger partial charge is 0.325 e. The normalized spacial score (nSPS) is 21.6. The van der Waals surface area contributed by atoms with Crippen LogP contribution in [0.3, 0.4) is 0 Å². The Kier molecular flexibility index (Phi) is 5.04. The number of hydrogen-bond donors (Lipinski definition) is 1. The number of amides is 4. The summed E-state index contributed by atoms with van der Waals surface area (Å²) < 4.78 is 0. The third-order valence-electron chi connectivity index (χ3n) is 5.55. The maximum absolute atomic E-state index is 13.2. The Morgan fingerprint density at radius 2 is 1.93 bits per heavy atom. The number of nitrogens with zero attached hydrogens (tertiary/aromatic N) is 2. The number of benzene rings is 2. The Labute approximate surface area is 174 Å². The molecule has 7 heteroatoms. The molecular weight excluding hydrogens is 390 g/mol. The summed E-state index contributed by atoms with van der Waals surface area (Å²) >= 11 is 6.02. The van der Waals surface area contributed by atoms with Gasteiger partial charge in [-0.05, 0) is 49.6 Å². The molecule has 2 fully saturated rings. The molecule has 4 rings (SSSR count). The molecule has 1 N–H and O–H groups in total. The summed E-state index contributed by atoms with van der Waals surface area (Å²) in [7, 11) is 0. The number of likely N-dealkylation sites (tertiary alicyclic amines) is 1. The molecule has 0 unspecified atom stereocenters. The Balaban J connectivity index is 1.53. The van der Waals surface area contributed by atoms with Crippen LogP contribution in [-0.2, 0) is 11.3 Å². The number of carbonyl (C=O) groups excluding carboxylic acids is 3. The summed E-state index contributed by atoms with van der Waals surface area (Å²) in [6, 6.07) is 14.0. The predicted octanol–water partition coefficient (Wildman–Crippen LogP) is 3.38. The van der Waals surface area contributed by atoms with Crippen LogP contribution in [0, 0.1) is 6.92 Å². The molecule has 0 bridgehead atoms. The third-order valence-corrected chi connectivity index (χ3v) is 5.79. The van der Waals surface area contributed by atoms with Gasteiger partial charge in [-0.2, -0.15) is 0 Å². The molecule has 6 nitrogen and oxygen atoms in total. The monoisotopic (exact) mass is 411 g/mol. The second-order valence-electron chi connectivity index (χ2n) is 7.73. The van der Waals surface area contributed by atoms with Crippen molar-refractivity contribution >= 4 is 29.4 Å². The molecule has 0 radical (unpaired) electrons. The molecular formula is C22H22ClN3O3. The topological polar surface area (TPSA) is 69.7 Å². The lowest BCUT2D eigenvalue weighted by Gasteiger charge is -2.38. The van der Waals surface area contributed by atoms with Gasteiger partial charge in [-0.15, -0.1) is 0 Å². The third kappa shape index (κ3) is 3.72. The maximum Gasteiger partial charge on any atom is 0.325 e. The summed E-state index contributed by atoms with van der Waals surface area (Å²) in [5, 5.41) is 3.41. The molecule has 2 aliphatic heterocycles. The van der Waals surface area contributed by atoms with Crippen LogP contribution in [0.25, 0.3) is 0 Å². The fourth-order valence-corrected chi connectivity index (χ4v) is 4.23. The average molecular weight is 412 g/mol. The zero-order valence-electron chi connectivity index (χ0n) is 16.2. The first kappa shape index (κ1) is 19.5. The van der Waals surface area contributed by atoms with E-state index in [0.29, 0.717) is 30.0 Å². The summed E-state index contributed by atoms with van der Waals surface area (Å²) in [5.41, 5.74) is 1.38. The van der Waals surface area contributed by atoms with E-state index < -0.39 is 11.6 Å². The van der Waals surface area contributed by atoms with Gasteiger partial charge in [-0.1, -0.05) is 41.4 Å². The van der Waals surface area contributed by atoms with Crippen LogP contribution < -0.4 is 5.32 Å². The van der Waals surface area contributed by atoms with Crippen LogP contribution in [-0.4, -0.2) is 46.3 Å². The fraction of sp³-hybridized carbons (Fsp3) is 0.318. The Hall–Kier alpha value is -2.86. The van der Waals surface area contributed by atoms with Gasteiger partial charge >= 0.3 is 6.03 Å². The van der Waals surface area contributed by atoms with E-state index in [2.05, 4.69) is 5.32 Å². The van der Waals surface area contributed by atoms with E-state index in [1.54, 1.807) is 35.2 Å². The number of rotatable bonds is 3. The fourth-order valence-electron chi connectivity index (χ4n) is 4.02. The number of halogens is 1. The van der Waals surface area contributed by atoms with E-state index in [9.17, 15) is 14.4 Å². The largest absolute Gasteiger partial charge is 0.336 e. The van der Waals surface area contributed by atoms with Crippen LogP contribution in [0.2, 0.25) is 5.02 Å². The number of piperidine rings is 1. The zero-order chi connectivity index (χ0) is 20.6. The van der Waals surface area contributed by atoms with Gasteiger partial charge in [0.15, 0.2) is 0 Å². The van der Waals surface area contributed by atoms with Gasteiger partial charge in [0.1, 0.15) is 5.54 Å². The van der Waals surface area contributed by atoms with Crippen molar-refractivity contribution in [3.05, 3.63) is 70.2 Å². The van der Waals surface area contributed by atoms with Gasteiger partial charge in [0.2, 0.25) is 0 Å². The van der Waals surface area contributed by atoms with Crippen LogP contribution in [0.5, 0.6) is 0 Å². The number of hydrogen-bond acceptors (Lipinski definition) is 3. The Morgan fingerprint density at radius 1 is 1.17 bits per heavy atom. The van der Waals surface area contributed by atoms with Crippen molar-refractivity contribution in [1.82, 2.24) is 15.1 Å². The summed E-state index contributed by atoms with van der Waals surface area (Å²) in [5.74, 6) is -0.414. The van der Waals surface area contributed by atoms with Gasteiger partial charge in [-0.25, -0.2) is 4.79 Å². The molecule has 2 saturated heterocycles. The lowest BCUT2D eigenvalue weighted by molar-refractivity contribution is -0.133. The molecule has 2 aromatic rings. The Bertz CT molecular complexity index is 976. The van der Waals surface area contributed by atoms with Crippen molar-refractivity contribution in [2.45, 2.75) is 31.8 Å². The minimum atomic E-state index is -1.06. The van der Waals surface area contributed by atoms with E-state index in [4.69, 9.17) is 11.6 Å².